The van der Waals surface area contributed by atoms with Gasteiger partial charge < -0.3 is 10.0 Å². The van der Waals surface area contributed by atoms with E-state index < -0.39 is 11.9 Å². The Balaban J connectivity index is 1.80. The van der Waals surface area contributed by atoms with Crippen LogP contribution < -0.4 is 0 Å². The van der Waals surface area contributed by atoms with Crippen LogP contribution in [0.3, 0.4) is 0 Å². The molecule has 1 fully saturated rings. The second-order valence-electron chi connectivity index (χ2n) is 5.26. The number of carbonyl (C=O) groups is 2. The largest absolute Gasteiger partial charge is 0.481 e. The maximum atomic E-state index is 12.5. The molecule has 0 saturated carbocycles. The molecule has 1 saturated heterocycles. The molecule has 3 rings (SSSR count). The maximum absolute atomic E-state index is 12.5. The summed E-state index contributed by atoms with van der Waals surface area (Å²) < 4.78 is 1.58. The average molecular weight is 300 g/mol. The number of carboxylic acids is 1. The lowest BCUT2D eigenvalue weighted by atomic mass is 9.98. The molecule has 2 aromatic rings. The number of carbonyl (C=O) groups excluding carboxylic acids is 1. The number of hydrogen-bond acceptors (Lipinski definition) is 4. The predicted molar refractivity (Wildman–Crippen MR) is 77.6 cm³/mol. The van der Waals surface area contributed by atoms with Gasteiger partial charge in [-0.15, -0.1) is 0 Å². The van der Waals surface area contributed by atoms with Crippen molar-refractivity contribution in [2.75, 3.05) is 13.1 Å². The highest BCUT2D eigenvalue weighted by Crippen LogP contribution is 2.18. The third-order valence-electron chi connectivity index (χ3n) is 3.75. The van der Waals surface area contributed by atoms with Gasteiger partial charge in [0.25, 0.3) is 5.91 Å². The van der Waals surface area contributed by atoms with Crippen molar-refractivity contribution in [2.45, 2.75) is 12.8 Å². The Hall–Kier alpha value is -2.70. The summed E-state index contributed by atoms with van der Waals surface area (Å²) in [6.07, 6.45) is 4.69. The van der Waals surface area contributed by atoms with E-state index >= 15 is 0 Å². The van der Waals surface area contributed by atoms with E-state index in [9.17, 15) is 9.59 Å². The smallest absolute Gasteiger partial charge is 0.308 e. The monoisotopic (exact) mass is 300 g/mol. The summed E-state index contributed by atoms with van der Waals surface area (Å²) in [5, 5.41) is 13.2. The molecule has 22 heavy (non-hydrogen) atoms. The summed E-state index contributed by atoms with van der Waals surface area (Å²) in [4.78, 5) is 29.5. The van der Waals surface area contributed by atoms with Crippen LogP contribution in [0.15, 0.2) is 36.7 Å². The summed E-state index contributed by atoms with van der Waals surface area (Å²) in [5.41, 5.74) is 0.305. The molecule has 114 valence electrons. The van der Waals surface area contributed by atoms with Gasteiger partial charge in [-0.25, -0.2) is 9.67 Å². The first-order valence-electron chi connectivity index (χ1n) is 7.14. The van der Waals surface area contributed by atoms with E-state index in [0.717, 1.165) is 0 Å². The number of amides is 1. The van der Waals surface area contributed by atoms with Crippen molar-refractivity contribution in [1.82, 2.24) is 19.7 Å². The van der Waals surface area contributed by atoms with Crippen LogP contribution in [0.4, 0.5) is 0 Å². The summed E-state index contributed by atoms with van der Waals surface area (Å²) in [6.45, 7) is 0.804. The number of aromatic nitrogens is 3. The Morgan fingerprint density at radius 3 is 2.86 bits per heavy atom. The van der Waals surface area contributed by atoms with E-state index in [1.165, 1.54) is 0 Å². The van der Waals surface area contributed by atoms with Gasteiger partial charge in [0.05, 0.1) is 5.92 Å². The molecular formula is C15H16N4O3. The van der Waals surface area contributed by atoms with Gasteiger partial charge >= 0.3 is 5.97 Å². The van der Waals surface area contributed by atoms with Crippen LogP contribution in [0, 0.1) is 5.92 Å². The summed E-state index contributed by atoms with van der Waals surface area (Å²) in [6, 6.07) is 6.92. The molecule has 1 aliphatic heterocycles. The lowest BCUT2D eigenvalue weighted by Crippen LogP contribution is -2.42. The predicted octanol–water partition coefficient (Wildman–Crippen LogP) is 1.20. The van der Waals surface area contributed by atoms with Crippen LogP contribution in [-0.4, -0.2) is 49.7 Å². The van der Waals surface area contributed by atoms with E-state index in [-0.39, 0.29) is 12.5 Å². The first-order valence-corrected chi connectivity index (χ1v) is 7.14. The Morgan fingerprint density at radius 1 is 1.27 bits per heavy atom. The molecule has 2 aromatic heterocycles. The van der Waals surface area contributed by atoms with Gasteiger partial charge in [-0.3, -0.25) is 9.59 Å². The zero-order chi connectivity index (χ0) is 15.5. The minimum absolute atomic E-state index is 0.236. The molecule has 0 aliphatic carbocycles. The molecule has 0 radical (unpaired) electrons. The van der Waals surface area contributed by atoms with Crippen molar-refractivity contribution in [1.29, 1.82) is 0 Å². The average Bonchev–Trinajstić information content (AvgIpc) is 3.09. The fourth-order valence-corrected chi connectivity index (χ4v) is 2.60. The standard InChI is InChI=1S/C15H16N4O3/c20-14(18-8-2-4-11(10-18)15(21)22)12-5-1-6-13(17-12)19-9-3-7-16-19/h1,3,5-7,9,11H,2,4,8,10H2,(H,21,22). The summed E-state index contributed by atoms with van der Waals surface area (Å²) in [5.74, 6) is -1.02. The van der Waals surface area contributed by atoms with E-state index in [4.69, 9.17) is 5.11 Å². The maximum Gasteiger partial charge on any atom is 0.308 e. The van der Waals surface area contributed by atoms with Crippen LogP contribution in [0.25, 0.3) is 5.82 Å². The van der Waals surface area contributed by atoms with Crippen molar-refractivity contribution >= 4 is 11.9 Å². The minimum Gasteiger partial charge on any atom is -0.481 e. The van der Waals surface area contributed by atoms with Crippen molar-refractivity contribution in [3.63, 3.8) is 0 Å². The lowest BCUT2D eigenvalue weighted by Gasteiger charge is -2.30. The second kappa shape index (κ2) is 5.97. The number of carboxylic acid groups (broad SMARTS) is 1. The first-order chi connectivity index (χ1) is 10.6. The van der Waals surface area contributed by atoms with E-state index in [2.05, 4.69) is 10.1 Å². The van der Waals surface area contributed by atoms with E-state index in [1.807, 2.05) is 0 Å². The fraction of sp³-hybridized carbons (Fsp3) is 0.333. The van der Waals surface area contributed by atoms with Crippen LogP contribution in [0.5, 0.6) is 0 Å². The van der Waals surface area contributed by atoms with Gasteiger partial charge in [0.1, 0.15) is 5.69 Å². The topological polar surface area (TPSA) is 88.3 Å². The van der Waals surface area contributed by atoms with Crippen molar-refractivity contribution in [2.24, 2.45) is 5.92 Å². The highest BCUT2D eigenvalue weighted by molar-refractivity contribution is 5.92. The van der Waals surface area contributed by atoms with Crippen LogP contribution in [0.2, 0.25) is 0 Å². The van der Waals surface area contributed by atoms with Gasteiger partial charge in [0.2, 0.25) is 0 Å². The SMILES string of the molecule is O=C(O)C1CCCN(C(=O)c2cccc(-n3cccn3)n2)C1. The minimum atomic E-state index is -0.851. The summed E-state index contributed by atoms with van der Waals surface area (Å²) in [7, 11) is 0. The number of nitrogens with zero attached hydrogens (tertiary/aromatic N) is 4. The Kier molecular flexibility index (Phi) is 3.86. The first kappa shape index (κ1) is 14.2. The highest BCUT2D eigenvalue weighted by atomic mass is 16.4. The quantitative estimate of drug-likeness (QED) is 0.920. The molecule has 7 nitrogen and oxygen atoms in total. The normalized spacial score (nSPS) is 18.2. The number of likely N-dealkylation sites (tertiary alicyclic amines) is 1. The van der Waals surface area contributed by atoms with E-state index in [1.54, 1.807) is 46.2 Å². The number of piperidine rings is 1. The molecule has 0 aromatic carbocycles. The number of pyridine rings is 1. The third kappa shape index (κ3) is 2.83. The molecule has 1 amide bonds. The molecule has 1 N–H and O–H groups in total. The molecule has 0 bridgehead atoms. The molecule has 3 heterocycles. The summed E-state index contributed by atoms with van der Waals surface area (Å²) >= 11 is 0. The Labute approximate surface area is 127 Å². The third-order valence-corrected chi connectivity index (χ3v) is 3.75. The highest BCUT2D eigenvalue weighted by Gasteiger charge is 2.29. The van der Waals surface area contributed by atoms with Gasteiger partial charge in [-0.1, -0.05) is 6.07 Å². The molecule has 1 unspecified atom stereocenters. The van der Waals surface area contributed by atoms with Crippen LogP contribution >= 0.6 is 0 Å². The molecule has 1 atom stereocenters. The zero-order valence-electron chi connectivity index (χ0n) is 11.9. The zero-order valence-corrected chi connectivity index (χ0v) is 11.9. The number of hydrogen-bond donors (Lipinski definition) is 1. The molecule has 0 spiro atoms. The van der Waals surface area contributed by atoms with Gasteiger partial charge in [0, 0.05) is 25.5 Å². The lowest BCUT2D eigenvalue weighted by molar-refractivity contribution is -0.143. The van der Waals surface area contributed by atoms with E-state index in [0.29, 0.717) is 30.9 Å². The molecular weight excluding hydrogens is 284 g/mol. The Bertz CT molecular complexity index is 684. The van der Waals surface area contributed by atoms with Crippen LogP contribution in [0.1, 0.15) is 23.3 Å². The van der Waals surface area contributed by atoms with Gasteiger partial charge in [-0.05, 0) is 31.0 Å². The number of rotatable bonds is 3. The van der Waals surface area contributed by atoms with Gasteiger partial charge in [0.15, 0.2) is 5.82 Å². The Morgan fingerprint density at radius 2 is 2.14 bits per heavy atom. The van der Waals surface area contributed by atoms with Crippen molar-refractivity contribution in [3.8, 4) is 5.82 Å². The second-order valence-corrected chi connectivity index (χ2v) is 5.26. The fourth-order valence-electron chi connectivity index (χ4n) is 2.60. The van der Waals surface area contributed by atoms with Gasteiger partial charge in [-0.2, -0.15) is 5.10 Å². The van der Waals surface area contributed by atoms with Crippen molar-refractivity contribution in [3.05, 3.63) is 42.4 Å². The van der Waals surface area contributed by atoms with Crippen LogP contribution in [-0.2, 0) is 4.79 Å². The molecule has 1 aliphatic rings. The molecule has 7 heteroatoms. The van der Waals surface area contributed by atoms with Crippen molar-refractivity contribution < 1.29 is 14.7 Å². The number of aliphatic carboxylic acids is 1.